The number of methoxy groups -OCH3 is 1. The van der Waals surface area contributed by atoms with E-state index in [1.807, 2.05) is 12.3 Å². The molecule has 4 nitrogen and oxygen atoms in total. The van der Waals surface area contributed by atoms with Crippen molar-refractivity contribution < 1.29 is 17.4 Å². The minimum absolute atomic E-state index is 0.0700. The molecule has 5 heteroatoms. The Balaban J connectivity index is 1.64. The zero-order valence-electron chi connectivity index (χ0n) is 16.0. The van der Waals surface area contributed by atoms with Gasteiger partial charge in [-0.2, -0.15) is 0 Å². The van der Waals surface area contributed by atoms with Crippen molar-refractivity contribution >= 4 is 21.5 Å². The highest BCUT2D eigenvalue weighted by molar-refractivity contribution is 8.19. The van der Waals surface area contributed by atoms with E-state index in [0.717, 1.165) is 35.6 Å². The third-order valence-corrected chi connectivity index (χ3v) is 9.72. The molecule has 144 valence electrons. The summed E-state index contributed by atoms with van der Waals surface area (Å²) in [7, 11) is -0.487. The molecule has 2 aromatic rings. The van der Waals surface area contributed by atoms with Gasteiger partial charge in [-0.15, -0.1) is 6.58 Å². The third-order valence-electron chi connectivity index (χ3n) is 7.19. The second-order valence-corrected chi connectivity index (χ2v) is 10.8. The number of nitrogens with zero attached hydrogens (tertiary/aromatic N) is 1. The average molecular weight is 387 g/mol. The van der Waals surface area contributed by atoms with Crippen molar-refractivity contribution in [2.45, 2.75) is 25.0 Å². The van der Waals surface area contributed by atoms with Crippen LogP contribution in [0.15, 0.2) is 49.1 Å². The molecule has 2 aromatic carbocycles. The van der Waals surface area contributed by atoms with Crippen LogP contribution in [0.5, 0.6) is 5.75 Å². The van der Waals surface area contributed by atoms with Gasteiger partial charge in [-0.05, 0) is 34.4 Å². The molecule has 0 aromatic heterocycles. The highest BCUT2D eigenvalue weighted by Gasteiger charge is 2.65. The molecule has 2 bridgehead atoms. The van der Waals surface area contributed by atoms with Gasteiger partial charge in [0.1, 0.15) is 24.9 Å². The van der Waals surface area contributed by atoms with Crippen molar-refractivity contribution in [2.24, 2.45) is 11.8 Å². The zero-order chi connectivity index (χ0) is 18.8. The Morgan fingerprint density at radius 3 is 2.96 bits per heavy atom. The summed E-state index contributed by atoms with van der Waals surface area (Å²) in [5, 5.41) is 2.35. The third kappa shape index (κ3) is 2.35. The van der Waals surface area contributed by atoms with Crippen molar-refractivity contribution in [2.75, 3.05) is 26.5 Å². The molecule has 4 fully saturated rings. The lowest BCUT2D eigenvalue weighted by molar-refractivity contribution is -0.852. The quantitative estimate of drug-likeness (QED) is 0.591. The second-order valence-electron chi connectivity index (χ2n) is 8.32. The van der Waals surface area contributed by atoms with Crippen LogP contribution < -0.4 is 4.74 Å². The Kier molecular flexibility index (Phi) is 3.89. The van der Waals surface area contributed by atoms with Gasteiger partial charge in [-0.3, -0.25) is 4.55 Å². The van der Waals surface area contributed by atoms with E-state index in [1.165, 1.54) is 16.3 Å². The molecule has 0 radical (unpaired) electrons. The first kappa shape index (κ1) is 17.6. The molecule has 4 aliphatic heterocycles. The van der Waals surface area contributed by atoms with Gasteiger partial charge in [0.05, 0.1) is 13.4 Å². The predicted octanol–water partition coefficient (Wildman–Crippen LogP) is 5.07. The van der Waals surface area contributed by atoms with Crippen molar-refractivity contribution in [3.63, 3.8) is 0 Å². The normalized spacial score (nSPS) is 42.5. The van der Waals surface area contributed by atoms with Gasteiger partial charge in [0, 0.05) is 18.8 Å². The van der Waals surface area contributed by atoms with E-state index in [-0.39, 0.29) is 6.10 Å². The highest BCUT2D eigenvalue weighted by Crippen LogP contribution is 2.70. The molecule has 1 N–H and O–H groups in total. The maximum absolute atomic E-state index is 11.5. The summed E-state index contributed by atoms with van der Waals surface area (Å²) in [5.41, 5.74) is 1.18. The lowest BCUT2D eigenvalue weighted by atomic mass is 9.73. The standard InChI is InChI=1S/C22H27NO3S/c1-4-15-14-23-11-10-17(15)12-21(23)22(26-27(23,3)24)19-7-5-6-16-8-9-18(25-2)13-20(16)19/h4-9,13,15,17,21-22H,1,10-12,14H2,2-3H3/p+1. The van der Waals surface area contributed by atoms with Crippen LogP contribution in [0, 0.1) is 11.8 Å². The van der Waals surface area contributed by atoms with Crippen LogP contribution in [0.4, 0.5) is 0 Å². The summed E-state index contributed by atoms with van der Waals surface area (Å²) in [5.74, 6) is 2.01. The summed E-state index contributed by atoms with van der Waals surface area (Å²) >= 11 is 0. The topological polar surface area (TPSA) is 38.7 Å². The van der Waals surface area contributed by atoms with Gasteiger partial charge in [-0.1, -0.05) is 41.1 Å². The molecule has 6 atom stereocenters. The number of quaternary nitrogens is 1. The van der Waals surface area contributed by atoms with Crippen molar-refractivity contribution in [3.8, 4) is 5.75 Å². The molecule has 1 spiro atoms. The minimum Gasteiger partial charge on any atom is -0.497 e. The predicted molar refractivity (Wildman–Crippen MR) is 111 cm³/mol. The Hall–Kier alpha value is -1.53. The largest absolute Gasteiger partial charge is 0.497 e. The molecule has 0 saturated carbocycles. The summed E-state index contributed by atoms with van der Waals surface area (Å²) in [6.07, 6.45) is 6.24. The maximum Gasteiger partial charge on any atom is 0.166 e. The lowest BCUT2D eigenvalue weighted by Gasteiger charge is -2.58. The minimum atomic E-state index is -2.19. The SMILES string of the molecule is C=CC1C[N+]23CCC1CC2C(c1cccc2ccc(OC)cc12)OS3(C)O. The van der Waals surface area contributed by atoms with E-state index in [2.05, 4.69) is 43.0 Å². The number of benzene rings is 2. The number of hydrogen-bond donors (Lipinski definition) is 1. The van der Waals surface area contributed by atoms with Gasteiger partial charge in [-0.25, -0.2) is 8.07 Å². The Morgan fingerprint density at radius 2 is 2.19 bits per heavy atom. The molecular formula is C22H28NO3S+. The fourth-order valence-electron chi connectivity index (χ4n) is 5.74. The summed E-state index contributed by atoms with van der Waals surface area (Å²) in [6, 6.07) is 12.9. The Bertz CT molecular complexity index is 914. The molecule has 27 heavy (non-hydrogen) atoms. The number of rotatable bonds is 3. The van der Waals surface area contributed by atoms with Crippen LogP contribution in [0.25, 0.3) is 10.8 Å². The van der Waals surface area contributed by atoms with Crippen molar-refractivity contribution in [3.05, 3.63) is 54.6 Å². The van der Waals surface area contributed by atoms with E-state index in [1.54, 1.807) is 7.11 Å². The Morgan fingerprint density at radius 1 is 1.33 bits per heavy atom. The van der Waals surface area contributed by atoms with Gasteiger partial charge >= 0.3 is 0 Å². The molecule has 6 rings (SSSR count). The van der Waals surface area contributed by atoms with Crippen LogP contribution in [0.1, 0.15) is 24.5 Å². The number of piperidine rings is 3. The second kappa shape index (κ2) is 5.98. The number of hydrogen-bond acceptors (Lipinski definition) is 3. The Labute approximate surface area is 162 Å². The summed E-state index contributed by atoms with van der Waals surface area (Å²) in [6.45, 7) is 6.05. The monoisotopic (exact) mass is 386 g/mol. The van der Waals surface area contributed by atoms with Crippen LogP contribution in [-0.4, -0.2) is 40.9 Å². The molecule has 6 unspecified atom stereocenters. The van der Waals surface area contributed by atoms with Crippen LogP contribution >= 0.6 is 10.8 Å². The van der Waals surface area contributed by atoms with E-state index in [4.69, 9.17) is 8.92 Å². The first-order valence-electron chi connectivity index (χ1n) is 9.74. The zero-order valence-corrected chi connectivity index (χ0v) is 16.8. The fourth-order valence-corrected chi connectivity index (χ4v) is 8.13. The lowest BCUT2D eigenvalue weighted by Crippen LogP contribution is -2.64. The number of ether oxygens (including phenoxy) is 1. The molecule has 4 saturated heterocycles. The maximum atomic E-state index is 11.5. The van der Waals surface area contributed by atoms with Crippen molar-refractivity contribution in [1.82, 2.24) is 0 Å². The highest BCUT2D eigenvalue weighted by atomic mass is 32.3. The molecule has 0 amide bonds. The summed E-state index contributed by atoms with van der Waals surface area (Å²) in [4.78, 5) is 0. The van der Waals surface area contributed by atoms with E-state index in [9.17, 15) is 4.55 Å². The van der Waals surface area contributed by atoms with E-state index in [0.29, 0.717) is 17.9 Å². The first-order valence-corrected chi connectivity index (χ1v) is 11.6. The first-order chi connectivity index (χ1) is 13.0. The van der Waals surface area contributed by atoms with Crippen LogP contribution in [0.2, 0.25) is 0 Å². The van der Waals surface area contributed by atoms with Gasteiger partial charge in [0.25, 0.3) is 0 Å². The van der Waals surface area contributed by atoms with E-state index < -0.39 is 10.8 Å². The number of fused-ring (bicyclic) bond motifs is 3. The van der Waals surface area contributed by atoms with Gasteiger partial charge in [0.15, 0.2) is 6.10 Å². The van der Waals surface area contributed by atoms with E-state index >= 15 is 0 Å². The summed E-state index contributed by atoms with van der Waals surface area (Å²) < 4.78 is 24.2. The van der Waals surface area contributed by atoms with Crippen molar-refractivity contribution in [1.29, 1.82) is 0 Å². The fraction of sp³-hybridized carbons (Fsp3) is 0.455. The molecule has 4 aliphatic rings. The molecular weight excluding hydrogens is 358 g/mol. The van der Waals surface area contributed by atoms with Crippen LogP contribution in [0.3, 0.4) is 0 Å². The van der Waals surface area contributed by atoms with Gasteiger partial charge in [0.2, 0.25) is 0 Å². The smallest absolute Gasteiger partial charge is 0.166 e. The molecule has 0 aliphatic carbocycles. The molecule has 4 heterocycles. The van der Waals surface area contributed by atoms with Crippen LogP contribution in [-0.2, 0) is 4.18 Å². The average Bonchev–Trinajstić information content (AvgIpc) is 2.94. The van der Waals surface area contributed by atoms with Gasteiger partial charge < -0.3 is 4.74 Å².